The van der Waals surface area contributed by atoms with Crippen LogP contribution in [0.1, 0.15) is 27.0 Å². The van der Waals surface area contributed by atoms with Crippen LogP contribution in [0.4, 0.5) is 10.2 Å². The number of nitrogens with two attached hydrogens (primary N) is 1. The number of likely N-dealkylation sites (N-methyl/N-ethyl adjacent to an activating group) is 1. The molecule has 1 aromatic heterocycles. The summed E-state index contributed by atoms with van der Waals surface area (Å²) in [6, 6.07) is 13.2. The molecule has 6 nitrogen and oxygen atoms in total. The van der Waals surface area contributed by atoms with Crippen molar-refractivity contribution in [2.24, 2.45) is 0 Å². The number of rotatable bonds is 4. The van der Waals surface area contributed by atoms with Gasteiger partial charge >= 0.3 is 0 Å². The minimum Gasteiger partial charge on any atom is -0.385 e. The molecule has 3 heterocycles. The Balaban J connectivity index is 1.56. The van der Waals surface area contributed by atoms with Crippen molar-refractivity contribution in [3.8, 4) is 22.3 Å². The van der Waals surface area contributed by atoms with Crippen molar-refractivity contribution in [2.45, 2.75) is 18.9 Å². The Morgan fingerprint density at radius 3 is 2.61 bits per heavy atom. The molecule has 0 fully saturated rings. The van der Waals surface area contributed by atoms with E-state index < -0.39 is 5.95 Å². The van der Waals surface area contributed by atoms with E-state index in [0.29, 0.717) is 35.2 Å². The van der Waals surface area contributed by atoms with Crippen LogP contribution in [0.15, 0.2) is 49.0 Å². The predicted octanol–water partition coefficient (Wildman–Crippen LogP) is 3.13. The molecule has 3 aromatic rings. The van der Waals surface area contributed by atoms with E-state index in [1.807, 2.05) is 25.2 Å². The van der Waals surface area contributed by atoms with Gasteiger partial charge in [0.25, 0.3) is 5.91 Å². The second-order valence-corrected chi connectivity index (χ2v) is 8.59. The summed E-state index contributed by atoms with van der Waals surface area (Å²) in [7, 11) is 1.85. The van der Waals surface area contributed by atoms with Crippen LogP contribution in [0.5, 0.6) is 0 Å². The molecular weight excluding hydrogens is 417 g/mol. The molecule has 0 radical (unpaired) electrons. The standard InChI is InChI=1S/C26H26FN5O/c1-14-20-5-3-16(9-17(20)7-8-30-14)23-12-22(24(27)32-25(23)28)15-4-6-21-18(10-15)11-19(13-29-2)31-26(21)33/h3-6,9-10,12,19,29-30H,1,7-8,11,13H2,2H3,(H2,28,32)(H,31,33). The summed E-state index contributed by atoms with van der Waals surface area (Å²) >= 11 is 0. The molecule has 1 unspecified atom stereocenters. The van der Waals surface area contributed by atoms with Crippen molar-refractivity contribution in [3.05, 3.63) is 77.2 Å². The second kappa shape index (κ2) is 8.33. The number of nitrogen functional groups attached to an aromatic ring is 1. The van der Waals surface area contributed by atoms with Crippen molar-refractivity contribution in [2.75, 3.05) is 25.9 Å². The average Bonchev–Trinajstić information content (AvgIpc) is 2.79. The summed E-state index contributed by atoms with van der Waals surface area (Å²) in [5, 5.41) is 9.36. The molecule has 0 spiro atoms. The highest BCUT2D eigenvalue weighted by atomic mass is 19.1. The molecule has 0 saturated heterocycles. The summed E-state index contributed by atoms with van der Waals surface area (Å²) < 4.78 is 15.0. The Morgan fingerprint density at radius 1 is 1.09 bits per heavy atom. The summed E-state index contributed by atoms with van der Waals surface area (Å²) in [5.74, 6) is -0.584. The molecule has 7 heteroatoms. The lowest BCUT2D eigenvalue weighted by Crippen LogP contribution is -2.46. The van der Waals surface area contributed by atoms with Crippen LogP contribution in [0.3, 0.4) is 0 Å². The fraction of sp³-hybridized carbons (Fsp3) is 0.231. The molecule has 2 aromatic carbocycles. The number of hydrogen-bond acceptors (Lipinski definition) is 5. The fourth-order valence-corrected chi connectivity index (χ4v) is 4.74. The van der Waals surface area contributed by atoms with Crippen LogP contribution in [0, 0.1) is 5.95 Å². The van der Waals surface area contributed by atoms with E-state index in [4.69, 9.17) is 5.73 Å². The van der Waals surface area contributed by atoms with Crippen molar-refractivity contribution >= 4 is 17.4 Å². The Hall–Kier alpha value is -3.71. The zero-order valence-electron chi connectivity index (χ0n) is 18.5. The number of fused-ring (bicyclic) bond motifs is 2. The molecule has 33 heavy (non-hydrogen) atoms. The zero-order valence-corrected chi connectivity index (χ0v) is 18.5. The van der Waals surface area contributed by atoms with Crippen LogP contribution in [-0.2, 0) is 12.8 Å². The number of aromatic nitrogens is 1. The Bertz CT molecular complexity index is 1290. The first-order chi connectivity index (χ1) is 15.9. The van der Waals surface area contributed by atoms with E-state index in [-0.39, 0.29) is 17.8 Å². The van der Waals surface area contributed by atoms with E-state index in [9.17, 15) is 9.18 Å². The quantitative estimate of drug-likeness (QED) is 0.465. The van der Waals surface area contributed by atoms with Gasteiger partial charge in [0.15, 0.2) is 0 Å². The Labute approximate surface area is 192 Å². The molecule has 1 atom stereocenters. The number of pyridine rings is 1. The van der Waals surface area contributed by atoms with E-state index >= 15 is 0 Å². The Kier molecular flexibility index (Phi) is 5.34. The highest BCUT2D eigenvalue weighted by Gasteiger charge is 2.25. The minimum atomic E-state index is -0.626. The van der Waals surface area contributed by atoms with Gasteiger partial charge in [0.05, 0.1) is 0 Å². The molecular formula is C26H26FN5O. The van der Waals surface area contributed by atoms with Crippen LogP contribution >= 0.6 is 0 Å². The lowest BCUT2D eigenvalue weighted by Gasteiger charge is -2.26. The lowest BCUT2D eigenvalue weighted by molar-refractivity contribution is 0.0925. The van der Waals surface area contributed by atoms with E-state index in [1.54, 1.807) is 18.2 Å². The molecule has 1 amide bonds. The average molecular weight is 444 g/mol. The van der Waals surface area contributed by atoms with Gasteiger partial charge in [-0.05, 0) is 54.3 Å². The number of hydrogen-bond donors (Lipinski definition) is 4. The number of anilines is 1. The summed E-state index contributed by atoms with van der Waals surface area (Å²) in [5.41, 5.74) is 13.4. The number of carbonyl (C=O) groups excluding carboxylic acids is 1. The third-order valence-corrected chi connectivity index (χ3v) is 6.39. The molecule has 5 rings (SSSR count). The summed E-state index contributed by atoms with van der Waals surface area (Å²) in [6.07, 6.45) is 1.56. The van der Waals surface area contributed by atoms with Gasteiger partial charge in [-0.15, -0.1) is 0 Å². The van der Waals surface area contributed by atoms with Crippen molar-refractivity contribution in [1.82, 2.24) is 20.9 Å². The fourth-order valence-electron chi connectivity index (χ4n) is 4.74. The number of nitrogens with zero attached hydrogens (tertiary/aromatic N) is 1. The highest BCUT2D eigenvalue weighted by Crippen LogP contribution is 2.35. The molecule has 0 bridgehead atoms. The van der Waals surface area contributed by atoms with Crippen molar-refractivity contribution in [3.63, 3.8) is 0 Å². The first-order valence-corrected chi connectivity index (χ1v) is 11.1. The number of carbonyl (C=O) groups is 1. The van der Waals surface area contributed by atoms with Crippen LogP contribution in [0.25, 0.3) is 28.0 Å². The number of benzene rings is 2. The Morgan fingerprint density at radius 2 is 1.82 bits per heavy atom. The van der Waals surface area contributed by atoms with Gasteiger partial charge in [0.1, 0.15) is 5.82 Å². The van der Waals surface area contributed by atoms with Crippen LogP contribution in [-0.4, -0.2) is 37.1 Å². The molecule has 0 saturated carbocycles. The number of nitrogens with one attached hydrogen (secondary N) is 3. The molecule has 2 aliphatic heterocycles. The van der Waals surface area contributed by atoms with Crippen molar-refractivity contribution in [1.29, 1.82) is 0 Å². The van der Waals surface area contributed by atoms with Gasteiger partial charge in [-0.3, -0.25) is 4.79 Å². The normalized spacial score (nSPS) is 17.1. The lowest BCUT2D eigenvalue weighted by atomic mass is 9.90. The van der Waals surface area contributed by atoms with Gasteiger partial charge in [0, 0.05) is 47.1 Å². The summed E-state index contributed by atoms with van der Waals surface area (Å²) in [4.78, 5) is 16.5. The first kappa shape index (κ1) is 21.2. The van der Waals surface area contributed by atoms with Gasteiger partial charge in [-0.1, -0.05) is 36.9 Å². The van der Waals surface area contributed by atoms with Crippen LogP contribution < -0.4 is 21.7 Å². The van der Waals surface area contributed by atoms with Gasteiger partial charge in [-0.2, -0.15) is 4.39 Å². The molecule has 2 aliphatic rings. The first-order valence-electron chi connectivity index (χ1n) is 11.1. The topological polar surface area (TPSA) is 92.1 Å². The maximum absolute atomic E-state index is 15.0. The molecule has 168 valence electrons. The largest absolute Gasteiger partial charge is 0.385 e. The van der Waals surface area contributed by atoms with Gasteiger partial charge in [0.2, 0.25) is 5.95 Å². The summed E-state index contributed by atoms with van der Waals surface area (Å²) in [6.45, 7) is 5.56. The highest BCUT2D eigenvalue weighted by molar-refractivity contribution is 5.97. The predicted molar refractivity (Wildman–Crippen MR) is 129 cm³/mol. The van der Waals surface area contributed by atoms with E-state index in [2.05, 4.69) is 33.6 Å². The number of amides is 1. The maximum Gasteiger partial charge on any atom is 0.251 e. The minimum absolute atomic E-state index is 0.00469. The molecule has 0 aliphatic carbocycles. The molecule has 5 N–H and O–H groups in total. The van der Waals surface area contributed by atoms with E-state index in [0.717, 1.165) is 35.4 Å². The van der Waals surface area contributed by atoms with E-state index in [1.165, 1.54) is 5.56 Å². The van der Waals surface area contributed by atoms with Crippen LogP contribution in [0.2, 0.25) is 0 Å². The third kappa shape index (κ3) is 3.85. The van der Waals surface area contributed by atoms with Gasteiger partial charge < -0.3 is 21.7 Å². The number of halogens is 1. The van der Waals surface area contributed by atoms with Crippen molar-refractivity contribution < 1.29 is 9.18 Å². The monoisotopic (exact) mass is 443 g/mol. The maximum atomic E-state index is 15.0. The third-order valence-electron chi connectivity index (χ3n) is 6.39. The smallest absolute Gasteiger partial charge is 0.251 e. The second-order valence-electron chi connectivity index (χ2n) is 8.59. The zero-order chi connectivity index (χ0) is 23.1. The van der Waals surface area contributed by atoms with Gasteiger partial charge in [-0.25, -0.2) is 4.98 Å². The SMILES string of the molecule is C=C1NCCc2cc(-c3cc(-c4ccc5c(c4)CC(CNC)NC5=O)c(F)nc3N)ccc21.